The molecule has 4 aromatic rings. The minimum atomic E-state index is -1.11. The summed E-state index contributed by atoms with van der Waals surface area (Å²) >= 11 is 0. The molecule has 0 saturated heterocycles. The van der Waals surface area contributed by atoms with Crippen molar-refractivity contribution in [1.82, 2.24) is 0 Å². The predicted octanol–water partition coefficient (Wildman–Crippen LogP) is 4.31. The second kappa shape index (κ2) is 22.3. The third-order valence-corrected chi connectivity index (χ3v) is 7.16. The number of carboxylic acid groups (broad SMARTS) is 4. The number of aromatic carboxylic acids is 4. The molecular weight excluding hydrogens is 816 g/mol. The van der Waals surface area contributed by atoms with Crippen LogP contribution in [0.4, 0.5) is 0 Å². The SMILES string of the molecule is CC(C)c1cccc(C(=O)[O-])c1.CC(C)c1cccc(C(=O)[O-])c1.CC(C)c1cccc(C(=O)[O-])c1.CC(C)c1cccc(C(=O)[O-])c1.[Pb]. The number of carbonyl (C=O) groups is 4. The topological polar surface area (TPSA) is 161 Å². The fourth-order valence-electron chi connectivity index (χ4n) is 4.10. The summed E-state index contributed by atoms with van der Waals surface area (Å²) in [6.45, 7) is 16.2. The van der Waals surface area contributed by atoms with Crippen LogP contribution in [0.1, 0.15) is 143 Å². The molecule has 8 nitrogen and oxygen atoms in total. The summed E-state index contributed by atoms with van der Waals surface area (Å²) in [6.07, 6.45) is 0. The van der Waals surface area contributed by atoms with Crippen molar-refractivity contribution in [3.8, 4) is 0 Å². The average Bonchev–Trinajstić information content (AvgIpc) is 3.05. The smallest absolute Gasteiger partial charge is 0.0715 e. The van der Waals surface area contributed by atoms with E-state index in [0.717, 1.165) is 22.3 Å². The quantitative estimate of drug-likeness (QED) is 0.237. The van der Waals surface area contributed by atoms with E-state index in [4.69, 9.17) is 0 Å². The summed E-state index contributed by atoms with van der Waals surface area (Å²) in [4.78, 5) is 41.9. The molecule has 0 amide bonds. The summed E-state index contributed by atoms with van der Waals surface area (Å²) in [7, 11) is 0. The Morgan fingerprint density at radius 2 is 0.531 bits per heavy atom. The van der Waals surface area contributed by atoms with Crippen LogP contribution < -0.4 is 20.4 Å². The number of hydrogen-bond donors (Lipinski definition) is 0. The van der Waals surface area contributed by atoms with E-state index in [0.29, 0.717) is 23.7 Å². The maximum atomic E-state index is 10.5. The minimum absolute atomic E-state index is 0. The van der Waals surface area contributed by atoms with Gasteiger partial charge in [0.1, 0.15) is 0 Å². The molecular formula is C40H44O8Pb-4. The average molecular weight is 860 g/mol. The van der Waals surface area contributed by atoms with Crippen LogP contribution >= 0.6 is 0 Å². The van der Waals surface area contributed by atoms with E-state index < -0.39 is 23.9 Å². The molecule has 0 aliphatic heterocycles. The maximum Gasteiger partial charge on any atom is 0.0715 e. The van der Waals surface area contributed by atoms with Gasteiger partial charge in [0.25, 0.3) is 0 Å². The summed E-state index contributed by atoms with van der Waals surface area (Å²) < 4.78 is 0. The third kappa shape index (κ3) is 16.6. The first-order valence-corrected chi connectivity index (χ1v) is 15.7. The molecule has 4 radical (unpaired) electrons. The number of rotatable bonds is 8. The number of carbonyl (C=O) groups excluding carboxylic acids is 4. The van der Waals surface area contributed by atoms with Gasteiger partial charge in [-0.15, -0.1) is 0 Å². The fourth-order valence-corrected chi connectivity index (χ4v) is 4.10. The van der Waals surface area contributed by atoms with Crippen molar-refractivity contribution >= 4 is 51.2 Å². The van der Waals surface area contributed by atoms with Crippen molar-refractivity contribution in [1.29, 1.82) is 0 Å². The molecule has 260 valence electrons. The van der Waals surface area contributed by atoms with Gasteiger partial charge in [0.2, 0.25) is 0 Å². The molecule has 4 aromatic carbocycles. The summed E-state index contributed by atoms with van der Waals surface area (Å²) in [5.74, 6) is -3.05. The monoisotopic (exact) mass is 860 g/mol. The van der Waals surface area contributed by atoms with Crippen LogP contribution in [0.2, 0.25) is 0 Å². The molecule has 0 bridgehead atoms. The molecule has 0 saturated carbocycles. The van der Waals surface area contributed by atoms with Gasteiger partial charge < -0.3 is 39.6 Å². The summed E-state index contributed by atoms with van der Waals surface area (Å²) in [5.41, 5.74) is 5.10. The van der Waals surface area contributed by atoms with E-state index in [1.807, 2.05) is 79.7 Å². The van der Waals surface area contributed by atoms with Crippen molar-refractivity contribution in [2.75, 3.05) is 0 Å². The molecule has 49 heavy (non-hydrogen) atoms. The van der Waals surface area contributed by atoms with E-state index in [-0.39, 0.29) is 49.6 Å². The molecule has 0 N–H and O–H groups in total. The normalized spacial score (nSPS) is 10.0. The Hall–Kier alpha value is -4.32. The predicted molar refractivity (Wildman–Crippen MR) is 185 cm³/mol. The van der Waals surface area contributed by atoms with E-state index in [1.54, 1.807) is 72.8 Å². The second-order valence-electron chi connectivity index (χ2n) is 12.3. The van der Waals surface area contributed by atoms with Crippen LogP contribution in [-0.2, 0) is 0 Å². The van der Waals surface area contributed by atoms with Gasteiger partial charge in [0.05, 0.1) is 23.9 Å². The van der Waals surface area contributed by atoms with Crippen LogP contribution in [0.25, 0.3) is 0 Å². The zero-order chi connectivity index (χ0) is 36.6. The van der Waals surface area contributed by atoms with Gasteiger partial charge in [-0.05, 0) is 92.4 Å². The number of carboxylic acids is 4. The Balaban J connectivity index is 0.000000623. The van der Waals surface area contributed by atoms with Crippen molar-refractivity contribution in [2.45, 2.75) is 79.1 Å². The third-order valence-electron chi connectivity index (χ3n) is 7.16. The van der Waals surface area contributed by atoms with Crippen LogP contribution in [0.5, 0.6) is 0 Å². The zero-order valence-corrected chi connectivity index (χ0v) is 33.2. The Bertz CT molecular complexity index is 1410. The van der Waals surface area contributed by atoms with E-state index in [9.17, 15) is 39.6 Å². The minimum Gasteiger partial charge on any atom is -0.545 e. The van der Waals surface area contributed by atoms with Crippen molar-refractivity contribution in [3.05, 3.63) is 142 Å². The van der Waals surface area contributed by atoms with Crippen LogP contribution in [0.3, 0.4) is 0 Å². The number of benzene rings is 4. The van der Waals surface area contributed by atoms with Gasteiger partial charge in [0.15, 0.2) is 0 Å². The fraction of sp³-hybridized carbons (Fsp3) is 0.300. The summed E-state index contributed by atoms with van der Waals surface area (Å²) in [6, 6.07) is 27.4. The van der Waals surface area contributed by atoms with Crippen molar-refractivity contribution in [2.24, 2.45) is 0 Å². The summed E-state index contributed by atoms with van der Waals surface area (Å²) in [5, 5.41) is 41.9. The van der Waals surface area contributed by atoms with Gasteiger partial charge in [-0.3, -0.25) is 0 Å². The zero-order valence-electron chi connectivity index (χ0n) is 29.3. The molecule has 0 spiro atoms. The molecule has 9 heteroatoms. The van der Waals surface area contributed by atoms with Gasteiger partial charge in [-0.1, -0.05) is 128 Å². The Morgan fingerprint density at radius 3 is 0.653 bits per heavy atom. The first-order valence-electron chi connectivity index (χ1n) is 15.7. The molecule has 4 rings (SSSR count). The Kier molecular flexibility index (Phi) is 20.4. The molecule has 0 heterocycles. The number of hydrogen-bond acceptors (Lipinski definition) is 8. The van der Waals surface area contributed by atoms with Crippen molar-refractivity contribution < 1.29 is 39.6 Å². The molecule has 0 fully saturated rings. The molecule has 0 aromatic heterocycles. The van der Waals surface area contributed by atoms with E-state index in [2.05, 4.69) is 0 Å². The van der Waals surface area contributed by atoms with Gasteiger partial charge in [-0.2, -0.15) is 0 Å². The van der Waals surface area contributed by atoms with Gasteiger partial charge >= 0.3 is 0 Å². The first kappa shape index (κ1) is 44.7. The van der Waals surface area contributed by atoms with E-state index in [1.165, 1.54) is 0 Å². The van der Waals surface area contributed by atoms with E-state index >= 15 is 0 Å². The standard InChI is InChI=1S/4C10H12O2.Pb/c4*1-7(2)8-4-3-5-9(6-8)10(11)12;/h4*3-7H,1-2H3,(H,11,12);/p-4. The van der Waals surface area contributed by atoms with Crippen LogP contribution in [0.15, 0.2) is 97.1 Å². The maximum absolute atomic E-state index is 10.5. The second-order valence-corrected chi connectivity index (χ2v) is 12.3. The van der Waals surface area contributed by atoms with Crippen molar-refractivity contribution in [3.63, 3.8) is 0 Å². The molecule has 0 atom stereocenters. The van der Waals surface area contributed by atoms with Gasteiger partial charge in [-0.25, -0.2) is 0 Å². The van der Waals surface area contributed by atoms with Crippen LogP contribution in [-0.4, -0.2) is 51.2 Å². The first-order chi connectivity index (χ1) is 22.4. The largest absolute Gasteiger partial charge is 0.545 e. The Morgan fingerprint density at radius 1 is 0.367 bits per heavy atom. The molecule has 0 aliphatic rings. The van der Waals surface area contributed by atoms with Crippen LogP contribution in [0, 0.1) is 0 Å². The Labute approximate surface area is 310 Å². The van der Waals surface area contributed by atoms with Gasteiger partial charge in [0, 0.05) is 27.3 Å². The molecule has 0 unspecified atom stereocenters. The molecule has 0 aliphatic carbocycles.